The van der Waals surface area contributed by atoms with Gasteiger partial charge in [-0.05, 0) is 50.6 Å². The molecule has 18 heavy (non-hydrogen) atoms. The fourth-order valence-electron chi connectivity index (χ4n) is 2.08. The molecule has 0 aliphatic heterocycles. The zero-order valence-corrected chi connectivity index (χ0v) is 12.1. The Balaban J connectivity index is 2.95. The zero-order valence-electron chi connectivity index (χ0n) is 11.4. The first-order valence-electron chi connectivity index (χ1n) is 6.13. The van der Waals surface area contributed by atoms with Crippen LogP contribution >= 0.6 is 11.6 Å². The molecule has 4 heteroatoms. The minimum absolute atomic E-state index is 0.0282. The van der Waals surface area contributed by atoms with Crippen molar-refractivity contribution in [3.8, 4) is 0 Å². The van der Waals surface area contributed by atoms with Crippen molar-refractivity contribution in [2.45, 2.75) is 38.3 Å². The van der Waals surface area contributed by atoms with Crippen LogP contribution in [0.4, 0.5) is 4.39 Å². The number of ether oxygens (including phenoxy) is 1. The molecule has 0 aromatic heterocycles. The Kier molecular flexibility index (Phi) is 5.57. The first-order chi connectivity index (χ1) is 8.46. The second kappa shape index (κ2) is 6.50. The monoisotopic (exact) mass is 273 g/mol. The van der Waals surface area contributed by atoms with Gasteiger partial charge in [0.25, 0.3) is 0 Å². The van der Waals surface area contributed by atoms with Gasteiger partial charge in [0.1, 0.15) is 5.82 Å². The second-order valence-corrected chi connectivity index (χ2v) is 5.09. The van der Waals surface area contributed by atoms with Crippen LogP contribution in [0.2, 0.25) is 5.02 Å². The van der Waals surface area contributed by atoms with E-state index in [1.54, 1.807) is 19.2 Å². The highest BCUT2D eigenvalue weighted by molar-refractivity contribution is 6.30. The predicted molar refractivity (Wildman–Crippen MR) is 73.7 cm³/mol. The molecule has 0 amide bonds. The van der Waals surface area contributed by atoms with E-state index in [9.17, 15) is 4.39 Å². The quantitative estimate of drug-likeness (QED) is 0.857. The van der Waals surface area contributed by atoms with E-state index >= 15 is 0 Å². The van der Waals surface area contributed by atoms with Crippen LogP contribution in [0.15, 0.2) is 18.2 Å². The van der Waals surface area contributed by atoms with Gasteiger partial charge in [0.15, 0.2) is 0 Å². The zero-order chi connectivity index (χ0) is 13.8. The van der Waals surface area contributed by atoms with E-state index in [1.807, 2.05) is 14.0 Å². The summed E-state index contributed by atoms with van der Waals surface area (Å²) in [5.41, 5.74) is 0.280. The molecule has 0 fully saturated rings. The van der Waals surface area contributed by atoms with Crippen molar-refractivity contribution >= 4 is 11.6 Å². The van der Waals surface area contributed by atoms with Crippen LogP contribution in [0.1, 0.15) is 25.8 Å². The number of hydrogen-bond acceptors (Lipinski definition) is 2. The van der Waals surface area contributed by atoms with Gasteiger partial charge in [0, 0.05) is 18.2 Å². The third-order valence-corrected chi connectivity index (χ3v) is 3.92. The van der Waals surface area contributed by atoms with Crippen molar-refractivity contribution in [1.29, 1.82) is 0 Å². The Morgan fingerprint density at radius 2 is 2.17 bits per heavy atom. The summed E-state index contributed by atoms with van der Waals surface area (Å²) in [6.07, 6.45) is 1.39. The minimum Gasteiger partial charge on any atom is -0.377 e. The average molecular weight is 274 g/mol. The molecular formula is C14H21ClFNO. The van der Waals surface area contributed by atoms with Gasteiger partial charge in [-0.25, -0.2) is 4.39 Å². The first kappa shape index (κ1) is 15.4. The maximum absolute atomic E-state index is 13.7. The first-order valence-corrected chi connectivity index (χ1v) is 6.51. The Morgan fingerprint density at radius 1 is 1.50 bits per heavy atom. The summed E-state index contributed by atoms with van der Waals surface area (Å²) < 4.78 is 19.3. The van der Waals surface area contributed by atoms with Gasteiger partial charge in [-0.2, -0.15) is 0 Å². The number of halogens is 2. The average Bonchev–Trinajstić information content (AvgIpc) is 2.38. The van der Waals surface area contributed by atoms with Gasteiger partial charge < -0.3 is 10.1 Å². The SMILES string of the molecule is CCC(C)(OC)C(Cc1cc(Cl)ccc1F)NC. The fourth-order valence-corrected chi connectivity index (χ4v) is 2.27. The van der Waals surface area contributed by atoms with E-state index in [-0.39, 0.29) is 17.5 Å². The van der Waals surface area contributed by atoms with Crippen LogP contribution in [-0.2, 0) is 11.2 Å². The summed E-state index contributed by atoms with van der Waals surface area (Å²) in [4.78, 5) is 0. The van der Waals surface area contributed by atoms with Crippen LogP contribution in [0.5, 0.6) is 0 Å². The largest absolute Gasteiger partial charge is 0.377 e. The third kappa shape index (κ3) is 3.44. The van der Waals surface area contributed by atoms with Gasteiger partial charge in [-0.3, -0.25) is 0 Å². The maximum Gasteiger partial charge on any atom is 0.126 e. The maximum atomic E-state index is 13.7. The molecule has 0 aliphatic rings. The summed E-state index contributed by atoms with van der Waals surface area (Å²) in [6.45, 7) is 4.08. The molecule has 0 bridgehead atoms. The lowest BCUT2D eigenvalue weighted by atomic mass is 9.88. The standard InChI is InChI=1S/C14H21ClFNO/c1-5-14(2,18-4)13(17-3)9-10-8-11(15)6-7-12(10)16/h6-8,13,17H,5,9H2,1-4H3. The predicted octanol–water partition coefficient (Wildman–Crippen LogP) is 3.42. The van der Waals surface area contributed by atoms with Crippen molar-refractivity contribution in [3.05, 3.63) is 34.6 Å². The van der Waals surface area contributed by atoms with Crippen LogP contribution < -0.4 is 5.32 Å². The highest BCUT2D eigenvalue weighted by atomic mass is 35.5. The number of benzene rings is 1. The van der Waals surface area contributed by atoms with E-state index in [1.165, 1.54) is 6.07 Å². The summed E-state index contributed by atoms with van der Waals surface area (Å²) in [5.74, 6) is -0.228. The molecule has 1 aromatic rings. The normalized spacial score (nSPS) is 16.3. The van der Waals surface area contributed by atoms with Crippen LogP contribution in [0, 0.1) is 5.82 Å². The molecule has 2 atom stereocenters. The van der Waals surface area contributed by atoms with Crippen molar-refractivity contribution in [2.24, 2.45) is 0 Å². The number of rotatable bonds is 6. The number of hydrogen-bond donors (Lipinski definition) is 1. The van der Waals surface area contributed by atoms with E-state index in [0.717, 1.165) is 6.42 Å². The molecule has 1 aromatic carbocycles. The number of methoxy groups -OCH3 is 1. The molecule has 1 N–H and O–H groups in total. The minimum atomic E-state index is -0.330. The van der Waals surface area contributed by atoms with Crippen LogP contribution in [0.25, 0.3) is 0 Å². The summed E-state index contributed by atoms with van der Waals surface area (Å²) in [5, 5.41) is 3.76. The lowest BCUT2D eigenvalue weighted by Crippen LogP contribution is -2.49. The van der Waals surface area contributed by atoms with E-state index < -0.39 is 0 Å². The van der Waals surface area contributed by atoms with Crippen LogP contribution in [-0.4, -0.2) is 25.8 Å². The molecule has 102 valence electrons. The fraction of sp³-hybridized carbons (Fsp3) is 0.571. The van der Waals surface area contributed by atoms with Gasteiger partial charge in [-0.15, -0.1) is 0 Å². The molecule has 0 aliphatic carbocycles. The summed E-state index contributed by atoms with van der Waals surface area (Å²) >= 11 is 5.91. The highest BCUT2D eigenvalue weighted by Crippen LogP contribution is 2.24. The van der Waals surface area contributed by atoms with Gasteiger partial charge >= 0.3 is 0 Å². The lowest BCUT2D eigenvalue weighted by molar-refractivity contribution is -0.0270. The molecular weight excluding hydrogens is 253 g/mol. The molecule has 0 saturated heterocycles. The van der Waals surface area contributed by atoms with Gasteiger partial charge in [0.2, 0.25) is 0 Å². The highest BCUT2D eigenvalue weighted by Gasteiger charge is 2.32. The van der Waals surface area contributed by atoms with Crippen LogP contribution in [0.3, 0.4) is 0 Å². The van der Waals surface area contributed by atoms with E-state index in [4.69, 9.17) is 16.3 Å². The molecule has 2 unspecified atom stereocenters. The Labute approximate surface area is 113 Å². The lowest BCUT2D eigenvalue weighted by Gasteiger charge is -2.35. The molecule has 0 saturated carbocycles. The second-order valence-electron chi connectivity index (χ2n) is 4.65. The molecule has 1 rings (SSSR count). The smallest absolute Gasteiger partial charge is 0.126 e. The third-order valence-electron chi connectivity index (χ3n) is 3.69. The Bertz CT molecular complexity index is 393. The summed E-state index contributed by atoms with van der Waals surface area (Å²) in [6, 6.07) is 4.66. The topological polar surface area (TPSA) is 21.3 Å². The number of nitrogens with one attached hydrogen (secondary N) is 1. The number of likely N-dealkylation sites (N-methyl/N-ethyl adjacent to an activating group) is 1. The summed E-state index contributed by atoms with van der Waals surface area (Å²) in [7, 11) is 3.54. The van der Waals surface area contributed by atoms with Crippen molar-refractivity contribution in [2.75, 3.05) is 14.2 Å². The Hall–Kier alpha value is -0.640. The Morgan fingerprint density at radius 3 is 2.67 bits per heavy atom. The molecule has 2 nitrogen and oxygen atoms in total. The van der Waals surface area contributed by atoms with E-state index in [2.05, 4.69) is 12.2 Å². The molecule has 0 radical (unpaired) electrons. The van der Waals surface area contributed by atoms with Crippen molar-refractivity contribution in [1.82, 2.24) is 5.32 Å². The molecule has 0 spiro atoms. The van der Waals surface area contributed by atoms with Crippen molar-refractivity contribution in [3.63, 3.8) is 0 Å². The van der Waals surface area contributed by atoms with Gasteiger partial charge in [-0.1, -0.05) is 18.5 Å². The molecule has 0 heterocycles. The van der Waals surface area contributed by atoms with Crippen molar-refractivity contribution < 1.29 is 9.13 Å². The van der Waals surface area contributed by atoms with Gasteiger partial charge in [0.05, 0.1) is 5.60 Å². The van der Waals surface area contributed by atoms with E-state index in [0.29, 0.717) is 17.0 Å².